The second-order valence-corrected chi connectivity index (χ2v) is 6.64. The van der Waals surface area contributed by atoms with Crippen LogP contribution in [0.2, 0.25) is 0 Å². The predicted molar refractivity (Wildman–Crippen MR) is 96.5 cm³/mol. The molecule has 1 heterocycles. The van der Waals surface area contributed by atoms with E-state index in [-0.39, 0.29) is 5.91 Å². The van der Waals surface area contributed by atoms with Crippen molar-refractivity contribution >= 4 is 17.7 Å². The van der Waals surface area contributed by atoms with Crippen LogP contribution in [0.1, 0.15) is 17.0 Å². The summed E-state index contributed by atoms with van der Waals surface area (Å²) < 4.78 is 5.65. The smallest absolute Gasteiger partial charge is 0.232 e. The summed E-state index contributed by atoms with van der Waals surface area (Å²) in [6, 6.07) is 9.80. The maximum atomic E-state index is 12.2. The van der Waals surface area contributed by atoms with Gasteiger partial charge in [-0.05, 0) is 39.0 Å². The number of likely N-dealkylation sites (N-methyl/N-ethyl adjacent to an activating group) is 1. The van der Waals surface area contributed by atoms with Crippen molar-refractivity contribution in [1.82, 2.24) is 14.9 Å². The number of carbonyl (C=O) groups excluding carboxylic acids is 1. The van der Waals surface area contributed by atoms with Crippen LogP contribution in [0.3, 0.4) is 0 Å². The molecule has 0 saturated heterocycles. The molecule has 2 aromatic rings. The van der Waals surface area contributed by atoms with Gasteiger partial charge in [0, 0.05) is 18.4 Å². The Hall–Kier alpha value is -2.08. The molecule has 0 saturated carbocycles. The van der Waals surface area contributed by atoms with Gasteiger partial charge in [-0.1, -0.05) is 29.5 Å². The average molecular weight is 345 g/mol. The Morgan fingerprint density at radius 1 is 1.12 bits per heavy atom. The minimum atomic E-state index is 0.0373. The van der Waals surface area contributed by atoms with Crippen molar-refractivity contribution in [3.63, 3.8) is 0 Å². The molecule has 2 rings (SSSR count). The number of hydrogen-bond acceptors (Lipinski definition) is 5. The van der Waals surface area contributed by atoms with Crippen molar-refractivity contribution in [3.05, 3.63) is 47.3 Å². The van der Waals surface area contributed by atoms with Crippen LogP contribution in [0.25, 0.3) is 0 Å². The lowest BCUT2D eigenvalue weighted by atomic mass is 10.2. The molecule has 1 amide bonds. The van der Waals surface area contributed by atoms with Crippen LogP contribution in [-0.2, 0) is 4.79 Å². The largest absolute Gasteiger partial charge is 0.492 e. The van der Waals surface area contributed by atoms with E-state index in [1.807, 2.05) is 51.1 Å². The second-order valence-electron chi connectivity index (χ2n) is 5.70. The van der Waals surface area contributed by atoms with E-state index in [1.165, 1.54) is 17.3 Å². The van der Waals surface area contributed by atoms with E-state index in [4.69, 9.17) is 4.74 Å². The number of rotatable bonds is 7. The van der Waals surface area contributed by atoms with Crippen LogP contribution >= 0.6 is 11.8 Å². The van der Waals surface area contributed by atoms with Crippen molar-refractivity contribution in [1.29, 1.82) is 0 Å². The fourth-order valence-electron chi connectivity index (χ4n) is 2.05. The van der Waals surface area contributed by atoms with Crippen LogP contribution < -0.4 is 4.74 Å². The third kappa shape index (κ3) is 5.85. The summed E-state index contributed by atoms with van der Waals surface area (Å²) in [5, 5.41) is 0.644. The molecule has 0 fully saturated rings. The number of hydrogen-bond donors (Lipinski definition) is 0. The highest BCUT2D eigenvalue weighted by molar-refractivity contribution is 7.99. The first-order valence-corrected chi connectivity index (χ1v) is 8.81. The predicted octanol–water partition coefficient (Wildman–Crippen LogP) is 3.03. The zero-order valence-electron chi connectivity index (χ0n) is 14.6. The molecule has 0 aliphatic carbocycles. The Morgan fingerprint density at radius 3 is 2.38 bits per heavy atom. The summed E-state index contributed by atoms with van der Waals surface area (Å²) in [4.78, 5) is 22.5. The number of nitrogens with zero attached hydrogens (tertiary/aromatic N) is 3. The maximum absolute atomic E-state index is 12.2. The molecule has 6 heteroatoms. The summed E-state index contributed by atoms with van der Waals surface area (Å²) in [5.41, 5.74) is 3.02. The van der Waals surface area contributed by atoms with Crippen molar-refractivity contribution in [3.8, 4) is 5.75 Å². The fraction of sp³-hybridized carbons (Fsp3) is 0.389. The molecule has 24 heavy (non-hydrogen) atoms. The summed E-state index contributed by atoms with van der Waals surface area (Å²) in [5.74, 6) is 1.18. The normalized spacial score (nSPS) is 10.5. The number of benzene rings is 1. The van der Waals surface area contributed by atoms with Crippen molar-refractivity contribution in [2.75, 3.05) is 26.0 Å². The van der Waals surface area contributed by atoms with E-state index in [9.17, 15) is 4.79 Å². The first kappa shape index (κ1) is 18.3. The third-order valence-corrected chi connectivity index (χ3v) is 4.26. The van der Waals surface area contributed by atoms with E-state index in [2.05, 4.69) is 9.97 Å². The number of thioether (sulfide) groups is 1. The highest BCUT2D eigenvalue weighted by atomic mass is 32.2. The maximum Gasteiger partial charge on any atom is 0.232 e. The SMILES string of the molecule is Cc1ccc(OCCN(C)C(=O)CSc2nc(C)cc(C)n2)cc1. The van der Waals surface area contributed by atoms with Gasteiger partial charge >= 0.3 is 0 Å². The van der Waals surface area contributed by atoms with Crippen molar-refractivity contribution < 1.29 is 9.53 Å². The van der Waals surface area contributed by atoms with E-state index in [1.54, 1.807) is 11.9 Å². The number of aryl methyl sites for hydroxylation is 3. The Balaban J connectivity index is 1.74. The highest BCUT2D eigenvalue weighted by Crippen LogP contribution is 2.15. The quantitative estimate of drug-likeness (QED) is 0.570. The second kappa shape index (κ2) is 8.68. The van der Waals surface area contributed by atoms with Crippen LogP contribution in [0.5, 0.6) is 5.75 Å². The molecule has 5 nitrogen and oxygen atoms in total. The molecule has 0 aliphatic heterocycles. The van der Waals surface area contributed by atoms with Crippen molar-refractivity contribution in [2.24, 2.45) is 0 Å². The Morgan fingerprint density at radius 2 is 1.75 bits per heavy atom. The van der Waals surface area contributed by atoms with Gasteiger partial charge in [0.15, 0.2) is 5.16 Å². The molecule has 1 aromatic heterocycles. The number of aromatic nitrogens is 2. The number of carbonyl (C=O) groups is 1. The van der Waals surface area contributed by atoms with Gasteiger partial charge < -0.3 is 9.64 Å². The lowest BCUT2D eigenvalue weighted by Gasteiger charge is -2.17. The molecule has 0 spiro atoms. The lowest BCUT2D eigenvalue weighted by Crippen LogP contribution is -2.32. The molecule has 0 N–H and O–H groups in total. The van der Waals surface area contributed by atoms with Gasteiger partial charge in [-0.25, -0.2) is 9.97 Å². The van der Waals surface area contributed by atoms with Gasteiger partial charge in [-0.3, -0.25) is 4.79 Å². The molecule has 128 valence electrons. The topological polar surface area (TPSA) is 55.3 Å². The molecule has 0 radical (unpaired) electrons. The van der Waals surface area contributed by atoms with Crippen LogP contribution in [0.4, 0.5) is 0 Å². The van der Waals surface area contributed by atoms with Gasteiger partial charge in [0.2, 0.25) is 5.91 Å². The zero-order chi connectivity index (χ0) is 17.5. The van der Waals surface area contributed by atoms with Crippen LogP contribution in [0, 0.1) is 20.8 Å². The van der Waals surface area contributed by atoms with Gasteiger partial charge in [0.1, 0.15) is 12.4 Å². The van der Waals surface area contributed by atoms with E-state index < -0.39 is 0 Å². The summed E-state index contributed by atoms with van der Waals surface area (Å²) in [6.45, 7) is 6.90. The van der Waals surface area contributed by atoms with E-state index in [0.29, 0.717) is 24.1 Å². The molecular formula is C18H23N3O2S. The van der Waals surface area contributed by atoms with Gasteiger partial charge in [-0.2, -0.15) is 0 Å². The van der Waals surface area contributed by atoms with Crippen molar-refractivity contribution in [2.45, 2.75) is 25.9 Å². The molecule has 0 bridgehead atoms. The minimum Gasteiger partial charge on any atom is -0.492 e. The fourth-order valence-corrected chi connectivity index (χ4v) is 2.94. The Labute approximate surface area is 147 Å². The number of ether oxygens (including phenoxy) is 1. The minimum absolute atomic E-state index is 0.0373. The first-order valence-electron chi connectivity index (χ1n) is 7.82. The Bertz CT molecular complexity index is 669. The molecule has 0 unspecified atom stereocenters. The molecule has 0 aliphatic rings. The third-order valence-electron chi connectivity index (χ3n) is 3.43. The summed E-state index contributed by atoms with van der Waals surface area (Å²) in [6.07, 6.45) is 0. The monoisotopic (exact) mass is 345 g/mol. The summed E-state index contributed by atoms with van der Waals surface area (Å²) in [7, 11) is 1.78. The average Bonchev–Trinajstić information content (AvgIpc) is 2.53. The highest BCUT2D eigenvalue weighted by Gasteiger charge is 2.11. The number of amides is 1. The molecule has 1 aromatic carbocycles. The standard InChI is InChI=1S/C18H23N3O2S/c1-13-5-7-16(8-6-13)23-10-9-21(4)17(22)12-24-18-19-14(2)11-15(3)20-18/h5-8,11H,9-10,12H2,1-4H3. The Kier molecular flexibility index (Phi) is 6.61. The van der Waals surface area contributed by atoms with Crippen LogP contribution in [0.15, 0.2) is 35.5 Å². The zero-order valence-corrected chi connectivity index (χ0v) is 15.4. The summed E-state index contributed by atoms with van der Waals surface area (Å²) >= 11 is 1.36. The lowest BCUT2D eigenvalue weighted by molar-refractivity contribution is -0.127. The van der Waals surface area contributed by atoms with Gasteiger partial charge in [-0.15, -0.1) is 0 Å². The van der Waals surface area contributed by atoms with E-state index >= 15 is 0 Å². The van der Waals surface area contributed by atoms with Gasteiger partial charge in [0.25, 0.3) is 0 Å². The van der Waals surface area contributed by atoms with E-state index in [0.717, 1.165) is 17.1 Å². The molecule has 0 atom stereocenters. The molecular weight excluding hydrogens is 322 g/mol. The first-order chi connectivity index (χ1) is 11.4. The van der Waals surface area contributed by atoms with Gasteiger partial charge in [0.05, 0.1) is 12.3 Å². The van der Waals surface area contributed by atoms with Crippen LogP contribution in [-0.4, -0.2) is 46.7 Å².